The van der Waals surface area contributed by atoms with Gasteiger partial charge in [-0.15, -0.1) is 0 Å². The van der Waals surface area contributed by atoms with E-state index in [0.29, 0.717) is 72.8 Å². The number of hydrogen-bond acceptors (Lipinski definition) is 11. The minimum Gasteiger partial charge on any atom is -0.492 e. The molecule has 0 aliphatic heterocycles. The molecule has 52 heavy (non-hydrogen) atoms. The van der Waals surface area contributed by atoms with Gasteiger partial charge in [0, 0.05) is 56.2 Å². The molecule has 0 radical (unpaired) electrons. The van der Waals surface area contributed by atoms with Gasteiger partial charge in [-0.1, -0.05) is 31.5 Å². The molecule has 4 rings (SSSR count). The number of aryl methyl sites for hydroxylation is 1. The number of aldehydes is 1. The molecule has 0 saturated carbocycles. The predicted molar refractivity (Wildman–Crippen MR) is 192 cm³/mol. The first kappa shape index (κ1) is 39.8. The largest absolute Gasteiger partial charge is 0.492 e. The van der Waals surface area contributed by atoms with Gasteiger partial charge in [-0.25, -0.2) is 0 Å². The van der Waals surface area contributed by atoms with Crippen LogP contribution >= 0.6 is 11.6 Å². The summed E-state index contributed by atoms with van der Waals surface area (Å²) in [6.45, 7) is 5.01. The average Bonchev–Trinajstić information content (AvgIpc) is 3.11. The smallest absolute Gasteiger partial charge is 0.422 e. The van der Waals surface area contributed by atoms with Crippen LogP contribution in [-0.2, 0) is 17.8 Å². The first-order valence-corrected chi connectivity index (χ1v) is 16.9. The fraction of sp³-hybridized carbons (Fsp3) is 0.389. The summed E-state index contributed by atoms with van der Waals surface area (Å²) in [4.78, 5) is 42.3. The second-order valence-electron chi connectivity index (χ2n) is 12.7. The van der Waals surface area contributed by atoms with E-state index in [2.05, 4.69) is 49.7 Å². The predicted octanol–water partition coefficient (Wildman–Crippen LogP) is 6.51. The topological polar surface area (TPSA) is 143 Å². The highest BCUT2D eigenvalue weighted by atomic mass is 35.5. The highest BCUT2D eigenvalue weighted by molar-refractivity contribution is 6.32. The molecule has 2 aromatic carbocycles. The molecule has 0 aliphatic carbocycles. The van der Waals surface area contributed by atoms with Crippen molar-refractivity contribution >= 4 is 41.4 Å². The average molecular weight is 743 g/mol. The highest BCUT2D eigenvalue weighted by Crippen LogP contribution is 2.27. The van der Waals surface area contributed by atoms with Crippen LogP contribution in [0, 0.1) is 5.41 Å². The lowest BCUT2D eigenvalue weighted by molar-refractivity contribution is -0.154. The number of amides is 1. The molecule has 16 heteroatoms. The van der Waals surface area contributed by atoms with Crippen molar-refractivity contribution in [2.24, 2.45) is 5.41 Å². The van der Waals surface area contributed by atoms with Gasteiger partial charge in [0.05, 0.1) is 11.6 Å². The zero-order valence-electron chi connectivity index (χ0n) is 29.2. The van der Waals surface area contributed by atoms with Crippen LogP contribution < -0.4 is 25.4 Å². The van der Waals surface area contributed by atoms with Gasteiger partial charge < -0.3 is 30.3 Å². The molecule has 0 fully saturated rings. The molecule has 12 nitrogen and oxygen atoms in total. The maximum absolute atomic E-state index is 13.3. The van der Waals surface area contributed by atoms with Crippen LogP contribution in [0.15, 0.2) is 67.0 Å². The molecule has 0 unspecified atom stereocenters. The van der Waals surface area contributed by atoms with Crippen molar-refractivity contribution in [1.29, 1.82) is 0 Å². The Bertz CT molecular complexity index is 1750. The van der Waals surface area contributed by atoms with Crippen LogP contribution in [0.3, 0.4) is 0 Å². The molecule has 3 N–H and O–H groups in total. The summed E-state index contributed by atoms with van der Waals surface area (Å²) in [5.74, 6) is 0.416. The van der Waals surface area contributed by atoms with Gasteiger partial charge in [0.1, 0.15) is 12.0 Å². The minimum absolute atomic E-state index is 0.0478. The van der Waals surface area contributed by atoms with Crippen molar-refractivity contribution in [2.75, 3.05) is 50.5 Å². The number of ether oxygens (including phenoxy) is 2. The number of aromatic nitrogens is 4. The summed E-state index contributed by atoms with van der Waals surface area (Å²) in [7, 11) is 1.89. The van der Waals surface area contributed by atoms with E-state index < -0.39 is 18.8 Å². The second kappa shape index (κ2) is 19.0. The number of rotatable bonds is 20. The van der Waals surface area contributed by atoms with E-state index in [1.807, 2.05) is 24.1 Å². The van der Waals surface area contributed by atoms with Crippen LogP contribution in [0.1, 0.15) is 48.2 Å². The molecule has 2 aromatic heterocycles. The Balaban J connectivity index is 1.34. The molecule has 278 valence electrons. The normalized spacial score (nSPS) is 11.5. The maximum Gasteiger partial charge on any atom is 0.422 e. The third-order valence-corrected chi connectivity index (χ3v) is 7.86. The van der Waals surface area contributed by atoms with E-state index in [-0.39, 0.29) is 29.8 Å². The number of pyridine rings is 1. The quantitative estimate of drug-likeness (QED) is 0.0674. The Hall–Kier alpha value is -5.02. The highest BCUT2D eigenvalue weighted by Gasteiger charge is 2.29. The molecule has 0 saturated heterocycles. The van der Waals surface area contributed by atoms with Gasteiger partial charge in [-0.3, -0.25) is 14.6 Å². The summed E-state index contributed by atoms with van der Waals surface area (Å²) in [6.07, 6.45) is 1.14. The van der Waals surface area contributed by atoms with E-state index in [9.17, 15) is 22.8 Å². The molecule has 1 amide bonds. The Labute approximate surface area is 305 Å². The molecular formula is C36H42ClF3N8O4. The summed E-state index contributed by atoms with van der Waals surface area (Å²) >= 11 is 6.54. The lowest BCUT2D eigenvalue weighted by atomic mass is 9.92. The minimum atomic E-state index is -4.60. The lowest BCUT2D eigenvalue weighted by Crippen LogP contribution is -2.43. The molecule has 0 spiro atoms. The maximum atomic E-state index is 13.3. The Kier molecular flexibility index (Phi) is 14.5. The zero-order chi connectivity index (χ0) is 37.6. The number of nitrogens with one attached hydrogen (secondary N) is 3. The van der Waals surface area contributed by atoms with Crippen molar-refractivity contribution in [3.8, 4) is 11.8 Å². The van der Waals surface area contributed by atoms with E-state index in [4.69, 9.17) is 21.1 Å². The Morgan fingerprint density at radius 3 is 2.37 bits per heavy atom. The SMILES string of the molecule is CNCC(C)(C)CN(CCCOc1ccc(CNc2nc(Nc3ccc(C=O)cc3)nc(OCC(F)(F)F)n2)cc1Cl)C(=O)CCc1ccncc1. The Morgan fingerprint density at radius 1 is 0.962 bits per heavy atom. The molecule has 0 bridgehead atoms. The number of halogens is 4. The van der Waals surface area contributed by atoms with Crippen molar-refractivity contribution in [1.82, 2.24) is 30.2 Å². The van der Waals surface area contributed by atoms with E-state index >= 15 is 0 Å². The van der Waals surface area contributed by atoms with Gasteiger partial charge in [0.15, 0.2) is 6.61 Å². The van der Waals surface area contributed by atoms with Gasteiger partial charge in [-0.2, -0.15) is 28.1 Å². The van der Waals surface area contributed by atoms with Gasteiger partial charge in [0.2, 0.25) is 17.8 Å². The molecule has 2 heterocycles. The van der Waals surface area contributed by atoms with Crippen LogP contribution in [0.5, 0.6) is 11.8 Å². The van der Waals surface area contributed by atoms with Crippen molar-refractivity contribution in [2.45, 2.75) is 45.8 Å². The zero-order valence-corrected chi connectivity index (χ0v) is 29.9. The van der Waals surface area contributed by atoms with Crippen molar-refractivity contribution in [3.05, 3.63) is 88.7 Å². The second-order valence-corrected chi connectivity index (χ2v) is 13.1. The van der Waals surface area contributed by atoms with Crippen LogP contribution in [-0.4, -0.2) is 83.1 Å². The number of nitrogens with zero attached hydrogens (tertiary/aromatic N) is 5. The lowest BCUT2D eigenvalue weighted by Gasteiger charge is -2.33. The summed E-state index contributed by atoms with van der Waals surface area (Å²) in [6, 6.07) is 14.8. The van der Waals surface area contributed by atoms with Crippen LogP contribution in [0.2, 0.25) is 5.02 Å². The van der Waals surface area contributed by atoms with Crippen molar-refractivity contribution in [3.63, 3.8) is 0 Å². The van der Waals surface area contributed by atoms with Crippen LogP contribution in [0.4, 0.5) is 30.8 Å². The fourth-order valence-electron chi connectivity index (χ4n) is 5.17. The fourth-order valence-corrected chi connectivity index (χ4v) is 5.43. The number of alkyl halides is 3. The van der Waals surface area contributed by atoms with Gasteiger partial charge in [0.25, 0.3) is 0 Å². The molecule has 0 aliphatic rings. The molecular weight excluding hydrogens is 701 g/mol. The van der Waals surface area contributed by atoms with Gasteiger partial charge in [-0.05, 0) is 85.0 Å². The monoisotopic (exact) mass is 742 g/mol. The van der Waals surface area contributed by atoms with Crippen LogP contribution in [0.25, 0.3) is 0 Å². The van der Waals surface area contributed by atoms with E-state index in [0.717, 1.165) is 12.1 Å². The summed E-state index contributed by atoms with van der Waals surface area (Å²) < 4.78 is 49.2. The third kappa shape index (κ3) is 13.6. The van der Waals surface area contributed by atoms with E-state index in [1.165, 1.54) is 0 Å². The number of anilines is 3. The Morgan fingerprint density at radius 2 is 1.69 bits per heavy atom. The third-order valence-electron chi connectivity index (χ3n) is 7.56. The van der Waals surface area contributed by atoms with Gasteiger partial charge >= 0.3 is 12.2 Å². The van der Waals surface area contributed by atoms with Crippen molar-refractivity contribution < 1.29 is 32.2 Å². The molecule has 0 atom stereocenters. The summed E-state index contributed by atoms with van der Waals surface area (Å²) in [5.41, 5.74) is 2.58. The number of hydrogen-bond donors (Lipinski definition) is 3. The standard InChI is InChI=1S/C36H42ClF3N8O4/c1-35(2,22-41-3)23-48(31(50)12-8-25-13-15-42-16-14-25)17-4-18-51-30-11-7-27(19-29(30)37)20-43-32-45-33(44-28-9-5-26(21-49)6-10-28)47-34(46-32)52-24-36(38,39)40/h5-7,9-11,13-16,19,21,41H,4,8,12,17-18,20,22-24H2,1-3H3,(H2,43,44,45,46,47). The number of carbonyl (C=O) groups is 2. The number of carbonyl (C=O) groups excluding carboxylic acids is 2. The first-order valence-electron chi connectivity index (χ1n) is 16.6. The summed E-state index contributed by atoms with van der Waals surface area (Å²) in [5, 5.41) is 9.38. The number of benzene rings is 2. The van der Waals surface area contributed by atoms with E-state index in [1.54, 1.807) is 54.9 Å². The first-order chi connectivity index (χ1) is 24.8. The molecule has 4 aromatic rings.